The van der Waals surface area contributed by atoms with Crippen LogP contribution in [0.25, 0.3) is 0 Å². The van der Waals surface area contributed by atoms with E-state index in [9.17, 15) is 19.8 Å². The molecule has 0 spiro atoms. The molecule has 1 aliphatic rings. The van der Waals surface area contributed by atoms with Gasteiger partial charge in [-0.1, -0.05) is 216 Å². The van der Waals surface area contributed by atoms with Crippen LogP contribution in [0.2, 0.25) is 0 Å². The van der Waals surface area contributed by atoms with Gasteiger partial charge in [0.15, 0.2) is 0 Å². The van der Waals surface area contributed by atoms with Crippen LogP contribution in [-0.2, 0) is 9.59 Å². The minimum absolute atomic E-state index is 0.334. The number of rotatable bonds is 44. The molecule has 1 rings (SSSR count). The van der Waals surface area contributed by atoms with Crippen LogP contribution in [-0.4, -0.2) is 74.3 Å². The summed E-state index contributed by atoms with van der Waals surface area (Å²) >= 11 is 0. The number of unbranched alkanes of at least 4 members (excludes halogenated alkanes) is 30. The van der Waals surface area contributed by atoms with Gasteiger partial charge in [0.25, 0.3) is 0 Å². The van der Waals surface area contributed by atoms with Gasteiger partial charge in [0.05, 0.1) is 53.4 Å². The van der Waals surface area contributed by atoms with Crippen molar-refractivity contribution in [3.8, 4) is 0 Å². The molecule has 0 radical (unpaired) electrons. The Kier molecular flexibility index (Phi) is 44.5. The van der Waals surface area contributed by atoms with Gasteiger partial charge < -0.3 is 28.8 Å². The number of hydrogen-bond donors (Lipinski definition) is 0. The van der Waals surface area contributed by atoms with Crippen LogP contribution in [0.5, 0.6) is 0 Å². The van der Waals surface area contributed by atoms with Crippen LogP contribution in [0.15, 0.2) is 0 Å². The van der Waals surface area contributed by atoms with Crippen molar-refractivity contribution >= 4 is 11.9 Å². The molecular formula is C60H122N2O4. The minimum Gasteiger partial charge on any atom is -0.550 e. The molecule has 0 bridgehead atoms. The molecule has 6 nitrogen and oxygen atoms in total. The Hall–Kier alpha value is -1.14. The maximum atomic E-state index is 11.0. The Bertz CT molecular complexity index is 941. The van der Waals surface area contributed by atoms with E-state index in [-0.39, 0.29) is 0 Å². The monoisotopic (exact) mass is 935 g/mol. The lowest BCUT2D eigenvalue weighted by atomic mass is 9.66. The van der Waals surface area contributed by atoms with Gasteiger partial charge in [0.2, 0.25) is 0 Å². The summed E-state index contributed by atoms with van der Waals surface area (Å²) in [5, 5.41) is 21.8. The summed E-state index contributed by atoms with van der Waals surface area (Å²) in [6, 6.07) is 0. The van der Waals surface area contributed by atoms with Crippen LogP contribution < -0.4 is 10.2 Å². The molecular weight excluding hydrogens is 813 g/mol. The quantitative estimate of drug-likeness (QED) is 0.0450. The van der Waals surface area contributed by atoms with Gasteiger partial charge in [-0.15, -0.1) is 0 Å². The molecule has 6 heteroatoms. The maximum absolute atomic E-state index is 11.0. The fraction of sp³-hybridized carbons (Fsp3) is 0.967. The molecule has 0 aromatic heterocycles. The third-order valence-corrected chi connectivity index (χ3v) is 16.3. The Morgan fingerprint density at radius 2 is 0.576 bits per heavy atom. The molecule has 2 unspecified atom stereocenters. The van der Waals surface area contributed by atoms with Gasteiger partial charge in [-0.25, -0.2) is 0 Å². The van der Waals surface area contributed by atoms with Crippen molar-refractivity contribution in [2.24, 2.45) is 16.7 Å². The van der Waals surface area contributed by atoms with Crippen molar-refractivity contribution in [3.63, 3.8) is 0 Å². The molecule has 396 valence electrons. The van der Waals surface area contributed by atoms with Crippen molar-refractivity contribution in [3.05, 3.63) is 0 Å². The molecule has 1 saturated carbocycles. The highest BCUT2D eigenvalue weighted by molar-refractivity contribution is 5.78. The van der Waals surface area contributed by atoms with E-state index in [0.29, 0.717) is 12.8 Å². The molecule has 0 aliphatic heterocycles. The van der Waals surface area contributed by atoms with Crippen molar-refractivity contribution in [1.29, 1.82) is 0 Å². The van der Waals surface area contributed by atoms with E-state index in [4.69, 9.17) is 0 Å². The average molecular weight is 936 g/mol. The molecule has 1 fully saturated rings. The highest BCUT2D eigenvalue weighted by Crippen LogP contribution is 2.55. The van der Waals surface area contributed by atoms with Gasteiger partial charge in [-0.3, -0.25) is 0 Å². The van der Waals surface area contributed by atoms with E-state index in [1.807, 2.05) is 0 Å². The first kappa shape index (κ1) is 66.9. The normalized spacial score (nSPS) is 17.0. The summed E-state index contributed by atoms with van der Waals surface area (Å²) in [5.41, 5.74) is -1.89. The van der Waals surface area contributed by atoms with Crippen LogP contribution in [0.3, 0.4) is 0 Å². The lowest BCUT2D eigenvalue weighted by Crippen LogP contribution is -2.50. The third kappa shape index (κ3) is 34.2. The van der Waals surface area contributed by atoms with Crippen LogP contribution in [0.4, 0.5) is 0 Å². The summed E-state index contributed by atoms with van der Waals surface area (Å²) in [4.78, 5) is 21.8. The highest BCUT2D eigenvalue weighted by Gasteiger charge is 2.52. The Balaban J connectivity index is 0. The van der Waals surface area contributed by atoms with Gasteiger partial charge in [0, 0.05) is 23.3 Å². The molecule has 2 atom stereocenters. The molecule has 1 aliphatic carbocycles. The largest absolute Gasteiger partial charge is 0.550 e. The molecule has 0 aromatic carbocycles. The van der Waals surface area contributed by atoms with E-state index < -0.39 is 28.7 Å². The van der Waals surface area contributed by atoms with E-state index in [1.54, 1.807) is 20.8 Å². The maximum Gasteiger partial charge on any atom is 0.0784 e. The first-order valence-electron chi connectivity index (χ1n) is 29.7. The molecule has 0 heterocycles. The second-order valence-corrected chi connectivity index (χ2v) is 22.9. The van der Waals surface area contributed by atoms with Crippen LogP contribution in [0, 0.1) is 16.7 Å². The second kappa shape index (κ2) is 43.8. The fourth-order valence-corrected chi connectivity index (χ4v) is 10.6. The Morgan fingerprint density at radius 3 is 0.727 bits per heavy atom. The van der Waals surface area contributed by atoms with Crippen LogP contribution in [0.1, 0.15) is 306 Å². The predicted molar refractivity (Wildman–Crippen MR) is 286 cm³/mol. The molecule has 66 heavy (non-hydrogen) atoms. The number of carbonyl (C=O) groups is 2. The van der Waals surface area contributed by atoms with Crippen molar-refractivity contribution < 1.29 is 28.8 Å². The smallest absolute Gasteiger partial charge is 0.0784 e. The summed E-state index contributed by atoms with van der Waals surface area (Å²) in [5.74, 6) is -3.04. The predicted octanol–water partition coefficient (Wildman–Crippen LogP) is 16.0. The fourth-order valence-electron chi connectivity index (χ4n) is 10.6. The number of carboxylic acid groups (broad SMARTS) is 2. The lowest BCUT2D eigenvalue weighted by Gasteiger charge is -2.42. The van der Waals surface area contributed by atoms with Crippen molar-refractivity contribution in [2.45, 2.75) is 306 Å². The first-order chi connectivity index (χ1) is 31.6. The van der Waals surface area contributed by atoms with Crippen molar-refractivity contribution in [1.82, 2.24) is 0 Å². The van der Waals surface area contributed by atoms with Gasteiger partial charge >= 0.3 is 0 Å². The third-order valence-electron chi connectivity index (χ3n) is 16.3. The summed E-state index contributed by atoms with van der Waals surface area (Å²) in [6.07, 6.45) is 52.4. The Labute approximate surface area is 415 Å². The first-order valence-corrected chi connectivity index (χ1v) is 29.7. The van der Waals surface area contributed by atoms with E-state index in [2.05, 4.69) is 55.6 Å². The Morgan fingerprint density at radius 1 is 0.379 bits per heavy atom. The van der Waals surface area contributed by atoms with E-state index >= 15 is 0 Å². The average Bonchev–Trinajstić information content (AvgIpc) is 3.54. The highest BCUT2D eigenvalue weighted by atomic mass is 16.4. The van der Waals surface area contributed by atoms with Crippen LogP contribution >= 0.6 is 0 Å². The number of hydrogen-bond acceptors (Lipinski definition) is 4. The SMILES string of the molecule is CC1(C(=O)[O-])CCC(C(=O)[O-])C1(C)C.CCCCCCCC[N+](C)(CCCCCCCC)CCCCCCCC.CCCCCCCC[N+](C)(CCCCCCCC)CCCCCCCC. The molecule has 0 saturated heterocycles. The number of quaternary nitrogens is 2. The second-order valence-electron chi connectivity index (χ2n) is 22.9. The lowest BCUT2D eigenvalue weighted by molar-refractivity contribution is -0.910. The molecule has 0 aromatic rings. The minimum atomic E-state index is -1.17. The number of nitrogens with zero attached hydrogens (tertiary/aromatic N) is 2. The standard InChI is InChI=1S/2C25H54N.C10H16O4/c2*1-5-8-11-14-17-20-23-26(4,24-21-18-15-12-9-6-2)25-22-19-16-13-10-7-3;1-9(2)6(7(11)12)4-5-10(9,3)8(13)14/h2*5-25H2,1-4H3;6H,4-5H2,1-3H3,(H,11,12)(H,13,14)/q2*+1;/p-2. The summed E-state index contributed by atoms with van der Waals surface area (Å²) in [6.45, 7) is 27.3. The summed E-state index contributed by atoms with van der Waals surface area (Å²) < 4.78 is 2.71. The number of aliphatic carboxylic acids is 2. The zero-order valence-corrected chi connectivity index (χ0v) is 47.2. The van der Waals surface area contributed by atoms with E-state index in [1.165, 1.54) is 279 Å². The summed E-state index contributed by atoms with van der Waals surface area (Å²) in [7, 11) is 5.12. The van der Waals surface area contributed by atoms with Gasteiger partial charge in [0.1, 0.15) is 0 Å². The topological polar surface area (TPSA) is 80.3 Å². The number of carboxylic acids is 2. The van der Waals surface area contributed by atoms with E-state index in [0.717, 1.165) is 0 Å². The zero-order valence-electron chi connectivity index (χ0n) is 47.2. The zero-order chi connectivity index (χ0) is 49.8. The van der Waals surface area contributed by atoms with Gasteiger partial charge in [-0.2, -0.15) is 0 Å². The number of carbonyl (C=O) groups excluding carboxylic acids is 2. The van der Waals surface area contributed by atoms with Crippen molar-refractivity contribution in [2.75, 3.05) is 53.4 Å². The molecule has 0 N–H and O–H groups in total. The molecule has 0 amide bonds. The van der Waals surface area contributed by atoms with Gasteiger partial charge in [-0.05, 0) is 95.3 Å².